The molecule has 7 heteroatoms. The van der Waals surface area contributed by atoms with E-state index in [1.807, 2.05) is 27.7 Å². The van der Waals surface area contributed by atoms with Gasteiger partial charge in [-0.25, -0.2) is 9.97 Å². The summed E-state index contributed by atoms with van der Waals surface area (Å²) in [4.78, 5) is 13.0. The van der Waals surface area contributed by atoms with Gasteiger partial charge in [-0.1, -0.05) is 37.5 Å². The van der Waals surface area contributed by atoms with E-state index in [-0.39, 0.29) is 5.41 Å². The summed E-state index contributed by atoms with van der Waals surface area (Å²) < 4.78 is 4.92. The molecule has 0 saturated heterocycles. The van der Waals surface area contributed by atoms with Gasteiger partial charge in [0, 0.05) is 17.9 Å². The molecule has 0 spiro atoms. The van der Waals surface area contributed by atoms with Crippen molar-refractivity contribution in [1.82, 2.24) is 20.1 Å². The van der Waals surface area contributed by atoms with Gasteiger partial charge in [0.25, 0.3) is 0 Å². The topological polar surface area (TPSA) is 76.7 Å². The van der Waals surface area contributed by atoms with Crippen molar-refractivity contribution < 1.29 is 4.52 Å². The minimum atomic E-state index is -0.170. The molecule has 0 atom stereocenters. The summed E-state index contributed by atoms with van der Waals surface area (Å²) in [6.45, 7) is 10.2. The molecule has 0 unspecified atom stereocenters. The van der Waals surface area contributed by atoms with Gasteiger partial charge in [0.2, 0.25) is 5.89 Å². The number of halogens is 1. The fraction of sp³-hybridized carbons (Fsp3) is 0.538. The molecule has 20 heavy (non-hydrogen) atoms. The van der Waals surface area contributed by atoms with Crippen molar-refractivity contribution in [3.05, 3.63) is 28.3 Å². The Kier molecular flexibility index (Phi) is 3.94. The molecule has 0 fully saturated rings. The smallest absolute Gasteiger partial charge is 0.223 e. The number of anilines is 1. The van der Waals surface area contributed by atoms with Crippen molar-refractivity contribution in [1.29, 1.82) is 0 Å². The maximum Gasteiger partial charge on any atom is 0.223 e. The Morgan fingerprint density at radius 3 is 2.40 bits per heavy atom. The minimum Gasteiger partial charge on any atom is -0.362 e. The minimum absolute atomic E-state index is 0.170. The predicted octanol–water partition coefficient (Wildman–Crippen LogP) is 3.04. The SMILES string of the molecule is Cc1nc(CNc2nc(C(C)(C)C)nc(Cl)c2C)no1. The largest absolute Gasteiger partial charge is 0.362 e. The lowest BCUT2D eigenvalue weighted by molar-refractivity contribution is 0.388. The number of hydrogen-bond acceptors (Lipinski definition) is 6. The molecular weight excluding hydrogens is 278 g/mol. The second kappa shape index (κ2) is 5.36. The zero-order chi connectivity index (χ0) is 14.9. The molecule has 2 aromatic rings. The Morgan fingerprint density at radius 1 is 1.15 bits per heavy atom. The maximum absolute atomic E-state index is 6.17. The van der Waals surface area contributed by atoms with Crippen molar-refractivity contribution in [3.8, 4) is 0 Å². The van der Waals surface area contributed by atoms with Crippen LogP contribution in [0.2, 0.25) is 5.15 Å². The van der Waals surface area contributed by atoms with Crippen LogP contribution in [0, 0.1) is 13.8 Å². The Balaban J connectivity index is 2.24. The van der Waals surface area contributed by atoms with Crippen molar-refractivity contribution >= 4 is 17.4 Å². The van der Waals surface area contributed by atoms with Crippen LogP contribution in [0.1, 0.15) is 43.9 Å². The van der Waals surface area contributed by atoms with Crippen LogP contribution < -0.4 is 5.32 Å². The van der Waals surface area contributed by atoms with Gasteiger partial charge >= 0.3 is 0 Å². The molecule has 1 N–H and O–H groups in total. The van der Waals surface area contributed by atoms with E-state index in [9.17, 15) is 0 Å². The lowest BCUT2D eigenvalue weighted by Gasteiger charge is -2.19. The van der Waals surface area contributed by atoms with Gasteiger partial charge in [0.15, 0.2) is 5.82 Å². The molecule has 0 aliphatic heterocycles. The normalized spacial score (nSPS) is 11.7. The molecule has 0 aliphatic rings. The third kappa shape index (κ3) is 3.25. The average Bonchev–Trinajstić information content (AvgIpc) is 2.75. The molecule has 2 heterocycles. The quantitative estimate of drug-likeness (QED) is 0.877. The monoisotopic (exact) mass is 295 g/mol. The third-order valence-corrected chi connectivity index (χ3v) is 3.11. The molecule has 0 aliphatic carbocycles. The number of rotatable bonds is 3. The standard InChI is InChI=1S/C13H18ClN5O/c1-7-10(14)17-12(13(3,4)5)18-11(7)15-6-9-16-8(2)20-19-9/h6H2,1-5H3,(H,15,17,18). The first-order valence-electron chi connectivity index (χ1n) is 6.35. The van der Waals surface area contributed by atoms with Crippen molar-refractivity contribution in [2.45, 2.75) is 46.6 Å². The fourth-order valence-electron chi connectivity index (χ4n) is 1.57. The summed E-state index contributed by atoms with van der Waals surface area (Å²) in [5.74, 6) is 2.50. The van der Waals surface area contributed by atoms with Crippen molar-refractivity contribution in [2.24, 2.45) is 0 Å². The first-order chi connectivity index (χ1) is 9.27. The Hall–Kier alpha value is -1.69. The van der Waals surface area contributed by atoms with Crippen LogP contribution >= 0.6 is 11.6 Å². The van der Waals surface area contributed by atoms with Crippen LogP contribution in [0.25, 0.3) is 0 Å². The average molecular weight is 296 g/mol. The lowest BCUT2D eigenvalue weighted by atomic mass is 9.95. The highest BCUT2D eigenvalue weighted by Crippen LogP contribution is 2.26. The third-order valence-electron chi connectivity index (χ3n) is 2.74. The van der Waals surface area contributed by atoms with Crippen LogP contribution in [0.3, 0.4) is 0 Å². The molecule has 0 aromatic carbocycles. The summed E-state index contributed by atoms with van der Waals surface area (Å²) in [5.41, 5.74) is 0.635. The zero-order valence-corrected chi connectivity index (χ0v) is 13.0. The van der Waals surface area contributed by atoms with Gasteiger partial charge in [-0.15, -0.1) is 0 Å². The Labute approximate surface area is 123 Å². The molecule has 0 bridgehead atoms. The molecule has 0 radical (unpaired) electrons. The van der Waals surface area contributed by atoms with Gasteiger partial charge in [-0.05, 0) is 6.92 Å². The van der Waals surface area contributed by atoms with Crippen LogP contribution in [0.4, 0.5) is 5.82 Å². The summed E-state index contributed by atoms with van der Waals surface area (Å²) >= 11 is 6.17. The van der Waals surface area contributed by atoms with E-state index in [4.69, 9.17) is 16.1 Å². The zero-order valence-electron chi connectivity index (χ0n) is 12.3. The Morgan fingerprint density at radius 2 is 1.85 bits per heavy atom. The van der Waals surface area contributed by atoms with Gasteiger partial charge in [0.05, 0.1) is 6.54 Å². The molecule has 6 nitrogen and oxygen atoms in total. The van der Waals surface area contributed by atoms with E-state index in [1.165, 1.54) is 0 Å². The highest BCUT2D eigenvalue weighted by Gasteiger charge is 2.20. The van der Waals surface area contributed by atoms with Crippen LogP contribution in [-0.2, 0) is 12.0 Å². The van der Waals surface area contributed by atoms with E-state index >= 15 is 0 Å². The molecule has 108 valence electrons. The number of aromatic nitrogens is 4. The van der Waals surface area contributed by atoms with Gasteiger partial charge in [-0.3, -0.25) is 0 Å². The first kappa shape index (κ1) is 14.7. The number of nitrogens with zero attached hydrogens (tertiary/aromatic N) is 4. The van der Waals surface area contributed by atoms with Gasteiger partial charge in [-0.2, -0.15) is 4.98 Å². The van der Waals surface area contributed by atoms with Crippen LogP contribution in [0.5, 0.6) is 0 Å². The van der Waals surface area contributed by atoms with Crippen LogP contribution in [0.15, 0.2) is 4.52 Å². The predicted molar refractivity (Wildman–Crippen MR) is 76.8 cm³/mol. The number of nitrogens with one attached hydrogen (secondary N) is 1. The molecule has 2 aromatic heterocycles. The second-order valence-electron chi connectivity index (χ2n) is 5.64. The number of aryl methyl sites for hydroxylation is 1. The summed E-state index contributed by atoms with van der Waals surface area (Å²) in [7, 11) is 0. The van der Waals surface area contributed by atoms with E-state index in [2.05, 4.69) is 25.4 Å². The molecule has 0 amide bonds. The Bertz CT molecular complexity index is 618. The highest BCUT2D eigenvalue weighted by atomic mass is 35.5. The van der Waals surface area contributed by atoms with Crippen LogP contribution in [-0.4, -0.2) is 20.1 Å². The summed E-state index contributed by atoms with van der Waals surface area (Å²) in [5, 5.41) is 7.46. The number of hydrogen-bond donors (Lipinski definition) is 1. The molecule has 2 rings (SSSR count). The van der Waals surface area contributed by atoms with E-state index in [0.717, 1.165) is 5.56 Å². The second-order valence-corrected chi connectivity index (χ2v) is 6.00. The van der Waals surface area contributed by atoms with Gasteiger partial charge < -0.3 is 9.84 Å². The molecule has 0 saturated carbocycles. The molecular formula is C13H18ClN5O. The fourth-order valence-corrected chi connectivity index (χ4v) is 1.74. The summed E-state index contributed by atoms with van der Waals surface area (Å²) in [6.07, 6.45) is 0. The van der Waals surface area contributed by atoms with Crippen molar-refractivity contribution in [2.75, 3.05) is 5.32 Å². The van der Waals surface area contributed by atoms with E-state index in [0.29, 0.717) is 35.1 Å². The van der Waals surface area contributed by atoms with Crippen molar-refractivity contribution in [3.63, 3.8) is 0 Å². The maximum atomic E-state index is 6.17. The highest BCUT2D eigenvalue weighted by molar-refractivity contribution is 6.30. The van der Waals surface area contributed by atoms with E-state index in [1.54, 1.807) is 6.92 Å². The first-order valence-corrected chi connectivity index (χ1v) is 6.73. The lowest BCUT2D eigenvalue weighted by Crippen LogP contribution is -2.18. The van der Waals surface area contributed by atoms with Gasteiger partial charge in [0.1, 0.15) is 16.8 Å². The summed E-state index contributed by atoms with van der Waals surface area (Å²) in [6, 6.07) is 0. The van der Waals surface area contributed by atoms with E-state index < -0.39 is 0 Å².